The van der Waals surface area contributed by atoms with Crippen LogP contribution >= 0.6 is 0 Å². The smallest absolute Gasteiger partial charge is 0.221 e. The number of phenols is 1. The molecular weight excluding hydrogens is 420 g/mol. The standard InChI is InChI=1S/C26H22N2O5/c1-15(29)27-19-7-3-17(4-8-19)13-23-25(32)22-14-21(31)11-12-24(22)33-26(23)18-5-9-20(10-6-18)28-16(2)30/h3-14,26,31H,1-2H3,(H,27,29)(H,28,30). The normalized spacial score (nSPS) is 16.0. The minimum absolute atomic E-state index is 0.0252. The van der Waals surface area contributed by atoms with E-state index in [2.05, 4.69) is 10.6 Å². The molecule has 2 amide bonds. The van der Waals surface area contributed by atoms with Crippen LogP contribution in [0, 0.1) is 0 Å². The van der Waals surface area contributed by atoms with Crippen molar-refractivity contribution >= 4 is 35.0 Å². The highest BCUT2D eigenvalue weighted by Gasteiger charge is 2.33. The van der Waals surface area contributed by atoms with Gasteiger partial charge in [0.25, 0.3) is 0 Å². The third-order valence-corrected chi connectivity index (χ3v) is 5.08. The molecule has 0 saturated heterocycles. The Bertz CT molecular complexity index is 1260. The van der Waals surface area contributed by atoms with Gasteiger partial charge in [-0.3, -0.25) is 14.4 Å². The molecule has 0 aromatic heterocycles. The molecule has 7 nitrogen and oxygen atoms in total. The summed E-state index contributed by atoms with van der Waals surface area (Å²) >= 11 is 0. The van der Waals surface area contributed by atoms with Gasteiger partial charge in [0.15, 0.2) is 11.9 Å². The minimum Gasteiger partial charge on any atom is -0.508 e. The van der Waals surface area contributed by atoms with E-state index in [0.29, 0.717) is 22.7 Å². The lowest BCUT2D eigenvalue weighted by molar-refractivity contribution is -0.115. The number of ketones is 1. The van der Waals surface area contributed by atoms with Crippen LogP contribution in [0.5, 0.6) is 11.5 Å². The summed E-state index contributed by atoms with van der Waals surface area (Å²) < 4.78 is 6.18. The molecule has 0 spiro atoms. The second-order valence-corrected chi connectivity index (χ2v) is 7.71. The number of carbonyl (C=O) groups excluding carboxylic acids is 3. The third kappa shape index (κ3) is 4.93. The zero-order chi connectivity index (χ0) is 23.5. The van der Waals surface area contributed by atoms with Gasteiger partial charge < -0.3 is 20.5 Å². The molecule has 0 fully saturated rings. The molecule has 33 heavy (non-hydrogen) atoms. The first-order valence-electron chi connectivity index (χ1n) is 10.3. The van der Waals surface area contributed by atoms with E-state index in [1.165, 1.54) is 26.0 Å². The average molecular weight is 442 g/mol. The number of ether oxygens (including phenoxy) is 1. The molecule has 1 unspecified atom stereocenters. The zero-order valence-corrected chi connectivity index (χ0v) is 18.1. The Kier molecular flexibility index (Phi) is 5.95. The van der Waals surface area contributed by atoms with Gasteiger partial charge >= 0.3 is 0 Å². The van der Waals surface area contributed by atoms with E-state index in [-0.39, 0.29) is 28.9 Å². The van der Waals surface area contributed by atoms with Crippen molar-refractivity contribution in [2.75, 3.05) is 10.6 Å². The summed E-state index contributed by atoms with van der Waals surface area (Å²) in [6.07, 6.45) is 1.05. The van der Waals surface area contributed by atoms with Crippen molar-refractivity contribution in [2.45, 2.75) is 20.0 Å². The fourth-order valence-corrected chi connectivity index (χ4v) is 3.64. The lowest BCUT2D eigenvalue weighted by Crippen LogP contribution is -2.23. The molecule has 0 bridgehead atoms. The number of phenolic OH excluding ortho intramolecular Hbond substituents is 1. The fraction of sp³-hybridized carbons (Fsp3) is 0.115. The van der Waals surface area contributed by atoms with Gasteiger partial charge in [-0.2, -0.15) is 0 Å². The molecule has 1 aliphatic heterocycles. The summed E-state index contributed by atoms with van der Waals surface area (Å²) in [5, 5.41) is 15.3. The Balaban J connectivity index is 1.74. The molecule has 1 atom stereocenters. The molecule has 1 aliphatic rings. The molecule has 1 heterocycles. The maximum atomic E-state index is 13.4. The lowest BCUT2D eigenvalue weighted by Gasteiger charge is -2.28. The molecular formula is C26H22N2O5. The number of aromatic hydroxyl groups is 1. The Morgan fingerprint density at radius 3 is 2.03 bits per heavy atom. The topological polar surface area (TPSA) is 105 Å². The number of carbonyl (C=O) groups is 3. The largest absolute Gasteiger partial charge is 0.508 e. The second-order valence-electron chi connectivity index (χ2n) is 7.71. The number of fused-ring (bicyclic) bond motifs is 1. The molecule has 0 saturated carbocycles. The van der Waals surface area contributed by atoms with E-state index in [0.717, 1.165) is 11.1 Å². The second kappa shape index (κ2) is 9.00. The van der Waals surface area contributed by atoms with E-state index in [1.807, 2.05) is 0 Å². The molecule has 3 N–H and O–H groups in total. The number of amides is 2. The van der Waals surface area contributed by atoms with Crippen molar-refractivity contribution in [3.8, 4) is 11.5 Å². The fourth-order valence-electron chi connectivity index (χ4n) is 3.64. The molecule has 7 heteroatoms. The first kappa shape index (κ1) is 21.8. The number of anilines is 2. The number of rotatable bonds is 4. The van der Waals surface area contributed by atoms with Gasteiger partial charge in [-0.25, -0.2) is 0 Å². The van der Waals surface area contributed by atoms with Crippen molar-refractivity contribution in [2.24, 2.45) is 0 Å². The predicted octanol–water partition coefficient (Wildman–Crippen LogP) is 4.71. The van der Waals surface area contributed by atoms with Crippen LogP contribution in [0.4, 0.5) is 11.4 Å². The zero-order valence-electron chi connectivity index (χ0n) is 18.1. The maximum Gasteiger partial charge on any atom is 0.221 e. The van der Waals surface area contributed by atoms with E-state index in [9.17, 15) is 19.5 Å². The van der Waals surface area contributed by atoms with E-state index < -0.39 is 6.10 Å². The maximum absolute atomic E-state index is 13.4. The van der Waals surface area contributed by atoms with Crippen LogP contribution in [0.15, 0.2) is 72.3 Å². The van der Waals surface area contributed by atoms with Gasteiger partial charge in [0, 0.05) is 30.8 Å². The number of nitrogens with one attached hydrogen (secondary N) is 2. The summed E-state index contributed by atoms with van der Waals surface area (Å²) in [5.74, 6) is -0.247. The van der Waals surface area contributed by atoms with Crippen molar-refractivity contribution in [3.05, 3.63) is 89.0 Å². The number of Topliss-reactive ketones (excluding diaryl/α,β-unsaturated/α-hetero) is 1. The number of hydrogen-bond donors (Lipinski definition) is 3. The summed E-state index contributed by atoms with van der Waals surface area (Å²) in [6.45, 7) is 2.86. The molecule has 3 aromatic rings. The van der Waals surface area contributed by atoms with E-state index >= 15 is 0 Å². The SMILES string of the molecule is CC(=O)Nc1ccc(C=C2C(=O)c3cc(O)ccc3OC2c2ccc(NC(C)=O)cc2)cc1. The highest BCUT2D eigenvalue weighted by Crippen LogP contribution is 2.40. The summed E-state index contributed by atoms with van der Waals surface area (Å²) in [5.41, 5.74) is 3.45. The molecule has 3 aromatic carbocycles. The molecule has 4 rings (SSSR count). The quantitative estimate of drug-likeness (QED) is 0.508. The average Bonchev–Trinajstić information content (AvgIpc) is 2.77. The van der Waals surface area contributed by atoms with Gasteiger partial charge in [0.05, 0.1) is 5.56 Å². The van der Waals surface area contributed by atoms with E-state index in [1.54, 1.807) is 60.7 Å². The van der Waals surface area contributed by atoms with Crippen molar-refractivity contribution in [1.82, 2.24) is 0 Å². The van der Waals surface area contributed by atoms with Crippen molar-refractivity contribution in [1.29, 1.82) is 0 Å². The van der Waals surface area contributed by atoms with Crippen LogP contribution in [0.1, 0.15) is 41.4 Å². The Labute approximate surface area is 190 Å². The van der Waals surface area contributed by atoms with Gasteiger partial charge in [-0.1, -0.05) is 24.3 Å². The third-order valence-electron chi connectivity index (χ3n) is 5.08. The molecule has 0 aliphatic carbocycles. The van der Waals surface area contributed by atoms with Crippen LogP contribution in [0.2, 0.25) is 0 Å². The Hall–Kier alpha value is -4.39. The monoisotopic (exact) mass is 442 g/mol. The Morgan fingerprint density at radius 2 is 1.45 bits per heavy atom. The minimum atomic E-state index is -0.684. The molecule has 0 radical (unpaired) electrons. The lowest BCUT2D eigenvalue weighted by atomic mass is 9.89. The summed E-state index contributed by atoms with van der Waals surface area (Å²) in [7, 11) is 0. The van der Waals surface area contributed by atoms with Crippen LogP contribution in [-0.4, -0.2) is 22.7 Å². The highest BCUT2D eigenvalue weighted by atomic mass is 16.5. The van der Waals surface area contributed by atoms with Crippen LogP contribution in [0.3, 0.4) is 0 Å². The first-order valence-corrected chi connectivity index (χ1v) is 10.3. The summed E-state index contributed by atoms with van der Waals surface area (Å²) in [6, 6.07) is 18.6. The van der Waals surface area contributed by atoms with E-state index in [4.69, 9.17) is 4.74 Å². The van der Waals surface area contributed by atoms with Crippen LogP contribution in [0.25, 0.3) is 6.08 Å². The van der Waals surface area contributed by atoms with Gasteiger partial charge in [0.1, 0.15) is 11.5 Å². The first-order chi connectivity index (χ1) is 15.8. The summed E-state index contributed by atoms with van der Waals surface area (Å²) in [4.78, 5) is 36.0. The van der Waals surface area contributed by atoms with Crippen molar-refractivity contribution in [3.63, 3.8) is 0 Å². The van der Waals surface area contributed by atoms with Crippen LogP contribution in [-0.2, 0) is 9.59 Å². The number of hydrogen-bond acceptors (Lipinski definition) is 5. The Morgan fingerprint density at radius 1 is 0.879 bits per heavy atom. The predicted molar refractivity (Wildman–Crippen MR) is 125 cm³/mol. The van der Waals surface area contributed by atoms with Gasteiger partial charge in [-0.05, 0) is 59.7 Å². The van der Waals surface area contributed by atoms with Crippen LogP contribution < -0.4 is 15.4 Å². The molecule has 166 valence electrons. The number of benzene rings is 3. The van der Waals surface area contributed by atoms with Crippen molar-refractivity contribution < 1.29 is 24.2 Å². The van der Waals surface area contributed by atoms with Gasteiger partial charge in [-0.15, -0.1) is 0 Å². The van der Waals surface area contributed by atoms with Gasteiger partial charge in [0.2, 0.25) is 11.8 Å². The highest BCUT2D eigenvalue weighted by molar-refractivity contribution is 6.15.